The normalized spacial score (nSPS) is 21.3. The van der Waals surface area contributed by atoms with E-state index in [1.165, 1.54) is 11.1 Å². The lowest BCUT2D eigenvalue weighted by molar-refractivity contribution is 0.0725. The van der Waals surface area contributed by atoms with Gasteiger partial charge in [-0.25, -0.2) is 0 Å². The van der Waals surface area contributed by atoms with Crippen molar-refractivity contribution in [3.63, 3.8) is 0 Å². The van der Waals surface area contributed by atoms with Gasteiger partial charge in [-0.15, -0.1) is 0 Å². The van der Waals surface area contributed by atoms with Crippen LogP contribution in [-0.2, 0) is 0 Å². The van der Waals surface area contributed by atoms with Crippen LogP contribution in [0, 0.1) is 6.92 Å². The van der Waals surface area contributed by atoms with Gasteiger partial charge in [0.05, 0.1) is 6.04 Å². The molecule has 0 bridgehead atoms. The maximum atomic E-state index is 12.8. The minimum absolute atomic E-state index is 0.000318. The summed E-state index contributed by atoms with van der Waals surface area (Å²) in [5.41, 5.74) is 2.91. The van der Waals surface area contributed by atoms with Gasteiger partial charge in [0.1, 0.15) is 5.76 Å². The molecule has 1 aliphatic heterocycles. The Bertz CT molecular complexity index is 703. The number of hydrogen-bond donors (Lipinski definition) is 0. The minimum atomic E-state index is -0.000318. The number of aryl methyl sites for hydroxylation is 1. The van der Waals surface area contributed by atoms with E-state index in [0.29, 0.717) is 11.6 Å². The maximum absolute atomic E-state index is 12.8. The summed E-state index contributed by atoms with van der Waals surface area (Å²) in [7, 11) is 0. The predicted octanol–water partition coefficient (Wildman–Crippen LogP) is 3.84. The fourth-order valence-electron chi connectivity index (χ4n) is 3.33. The Kier molecular flexibility index (Phi) is 3.25. The fraction of sp³-hybridized carbons (Fsp3) is 0.444. The number of rotatable bonds is 3. The zero-order valence-electron chi connectivity index (χ0n) is 12.8. The Morgan fingerprint density at radius 3 is 2.91 bits per heavy atom. The van der Waals surface area contributed by atoms with Gasteiger partial charge in [-0.2, -0.15) is 0 Å². The summed E-state index contributed by atoms with van der Waals surface area (Å²) in [5, 5.41) is 4.00. The maximum Gasteiger partial charge on any atom is 0.276 e. The van der Waals surface area contributed by atoms with E-state index in [4.69, 9.17) is 4.52 Å². The van der Waals surface area contributed by atoms with Crippen LogP contribution >= 0.6 is 0 Å². The molecule has 22 heavy (non-hydrogen) atoms. The van der Waals surface area contributed by atoms with Crippen molar-refractivity contribution in [2.75, 3.05) is 6.54 Å². The molecule has 1 aliphatic carbocycles. The lowest BCUT2D eigenvalue weighted by Gasteiger charge is -2.24. The van der Waals surface area contributed by atoms with Crippen LogP contribution in [0.5, 0.6) is 0 Å². The van der Waals surface area contributed by atoms with E-state index in [9.17, 15) is 4.79 Å². The first kappa shape index (κ1) is 13.6. The second-order valence-electron chi connectivity index (χ2n) is 6.46. The van der Waals surface area contributed by atoms with Gasteiger partial charge in [0.15, 0.2) is 5.69 Å². The quantitative estimate of drug-likeness (QED) is 0.864. The molecule has 114 valence electrons. The van der Waals surface area contributed by atoms with Crippen molar-refractivity contribution in [1.29, 1.82) is 0 Å². The molecular weight excluding hydrogens is 276 g/mol. The number of amides is 1. The summed E-state index contributed by atoms with van der Waals surface area (Å²) >= 11 is 0. The average molecular weight is 296 g/mol. The molecular formula is C18H20N2O2. The van der Waals surface area contributed by atoms with E-state index in [0.717, 1.165) is 38.0 Å². The van der Waals surface area contributed by atoms with Gasteiger partial charge in [-0.1, -0.05) is 35.0 Å². The third-order valence-corrected chi connectivity index (χ3v) is 4.67. The highest BCUT2D eigenvalue weighted by Crippen LogP contribution is 2.40. The highest BCUT2D eigenvalue weighted by molar-refractivity contribution is 5.92. The van der Waals surface area contributed by atoms with E-state index in [-0.39, 0.29) is 11.9 Å². The van der Waals surface area contributed by atoms with Gasteiger partial charge < -0.3 is 9.42 Å². The van der Waals surface area contributed by atoms with Crippen LogP contribution in [0.4, 0.5) is 0 Å². The molecule has 0 spiro atoms. The van der Waals surface area contributed by atoms with Crippen molar-refractivity contribution in [2.24, 2.45) is 0 Å². The standard InChI is InChI=1S/C18H20N2O2/c1-12-4-2-5-14(10-12)16-6-3-9-20(16)18(21)15-11-17(22-19-15)13-7-8-13/h2,4-5,10-11,13,16H,3,6-9H2,1H3/t16-/m1/s1. The fourth-order valence-corrected chi connectivity index (χ4v) is 3.33. The highest BCUT2D eigenvalue weighted by atomic mass is 16.5. The van der Waals surface area contributed by atoms with Crippen molar-refractivity contribution in [3.8, 4) is 0 Å². The molecule has 1 atom stereocenters. The lowest BCUT2D eigenvalue weighted by Crippen LogP contribution is -2.30. The first-order valence-corrected chi connectivity index (χ1v) is 8.06. The molecule has 2 fully saturated rings. The Morgan fingerprint density at radius 1 is 1.27 bits per heavy atom. The lowest BCUT2D eigenvalue weighted by atomic mass is 10.0. The molecule has 1 aromatic carbocycles. The van der Waals surface area contributed by atoms with E-state index >= 15 is 0 Å². The molecule has 1 saturated heterocycles. The van der Waals surface area contributed by atoms with Crippen LogP contribution in [0.1, 0.15) is 65.0 Å². The van der Waals surface area contributed by atoms with Crippen molar-refractivity contribution in [1.82, 2.24) is 10.1 Å². The zero-order chi connectivity index (χ0) is 15.1. The van der Waals surface area contributed by atoms with Gasteiger partial charge in [0.2, 0.25) is 0 Å². The predicted molar refractivity (Wildman–Crippen MR) is 82.7 cm³/mol. The average Bonchev–Trinajstić information content (AvgIpc) is 3.06. The van der Waals surface area contributed by atoms with E-state index in [1.54, 1.807) is 0 Å². The van der Waals surface area contributed by atoms with Gasteiger partial charge >= 0.3 is 0 Å². The smallest absolute Gasteiger partial charge is 0.276 e. The third kappa shape index (κ3) is 2.43. The van der Waals surface area contributed by atoms with Crippen molar-refractivity contribution in [3.05, 3.63) is 52.9 Å². The van der Waals surface area contributed by atoms with E-state index < -0.39 is 0 Å². The number of aromatic nitrogens is 1. The molecule has 4 heteroatoms. The number of carbonyl (C=O) groups excluding carboxylic acids is 1. The zero-order valence-corrected chi connectivity index (χ0v) is 12.8. The first-order chi connectivity index (χ1) is 10.7. The molecule has 2 aromatic rings. The molecule has 1 amide bonds. The summed E-state index contributed by atoms with van der Waals surface area (Å²) in [6, 6.07) is 10.4. The molecule has 0 unspecified atom stereocenters. The van der Waals surface area contributed by atoms with Crippen LogP contribution < -0.4 is 0 Å². The summed E-state index contributed by atoms with van der Waals surface area (Å²) < 4.78 is 5.33. The largest absolute Gasteiger partial charge is 0.360 e. The summed E-state index contributed by atoms with van der Waals surface area (Å²) in [4.78, 5) is 14.7. The molecule has 4 rings (SSSR count). The topological polar surface area (TPSA) is 46.3 Å². The van der Waals surface area contributed by atoms with Crippen LogP contribution in [0.3, 0.4) is 0 Å². The SMILES string of the molecule is Cc1cccc([C@H]2CCCN2C(=O)c2cc(C3CC3)on2)c1. The van der Waals surface area contributed by atoms with E-state index in [2.05, 4.69) is 36.3 Å². The van der Waals surface area contributed by atoms with Gasteiger partial charge in [-0.05, 0) is 38.2 Å². The number of benzene rings is 1. The Labute approximate surface area is 130 Å². The summed E-state index contributed by atoms with van der Waals surface area (Å²) in [6.45, 7) is 2.88. The number of hydrogen-bond acceptors (Lipinski definition) is 3. The third-order valence-electron chi connectivity index (χ3n) is 4.67. The molecule has 0 N–H and O–H groups in total. The van der Waals surface area contributed by atoms with Gasteiger partial charge in [0, 0.05) is 18.5 Å². The van der Waals surface area contributed by atoms with Gasteiger partial charge in [0.25, 0.3) is 5.91 Å². The second-order valence-corrected chi connectivity index (χ2v) is 6.46. The number of likely N-dealkylation sites (tertiary alicyclic amines) is 1. The molecule has 0 radical (unpaired) electrons. The Balaban J connectivity index is 1.58. The minimum Gasteiger partial charge on any atom is -0.360 e. The monoisotopic (exact) mass is 296 g/mol. The number of nitrogens with zero attached hydrogens (tertiary/aromatic N) is 2. The van der Waals surface area contributed by atoms with Crippen LogP contribution in [0.15, 0.2) is 34.9 Å². The molecule has 1 saturated carbocycles. The second kappa shape index (κ2) is 5.27. The van der Waals surface area contributed by atoms with Crippen molar-refractivity contribution in [2.45, 2.75) is 44.6 Å². The van der Waals surface area contributed by atoms with E-state index in [1.807, 2.05) is 11.0 Å². The first-order valence-electron chi connectivity index (χ1n) is 8.06. The van der Waals surface area contributed by atoms with Crippen molar-refractivity contribution < 1.29 is 9.32 Å². The highest BCUT2D eigenvalue weighted by Gasteiger charge is 2.34. The molecule has 4 nitrogen and oxygen atoms in total. The van der Waals surface area contributed by atoms with Crippen LogP contribution in [0.25, 0.3) is 0 Å². The summed E-state index contributed by atoms with van der Waals surface area (Å²) in [5.74, 6) is 1.36. The van der Waals surface area contributed by atoms with Crippen molar-refractivity contribution >= 4 is 5.91 Å². The summed E-state index contributed by atoms with van der Waals surface area (Å²) in [6.07, 6.45) is 4.36. The molecule has 1 aromatic heterocycles. The molecule has 2 heterocycles. The Hall–Kier alpha value is -2.10. The molecule has 2 aliphatic rings. The van der Waals surface area contributed by atoms with Gasteiger partial charge in [-0.3, -0.25) is 4.79 Å². The Morgan fingerprint density at radius 2 is 2.14 bits per heavy atom. The van der Waals surface area contributed by atoms with Crippen LogP contribution in [-0.4, -0.2) is 22.5 Å². The van der Waals surface area contributed by atoms with Crippen LogP contribution in [0.2, 0.25) is 0 Å². The number of carbonyl (C=O) groups is 1.